The van der Waals surface area contributed by atoms with Crippen LogP contribution in [0, 0.1) is 18.7 Å². The van der Waals surface area contributed by atoms with Gasteiger partial charge in [-0.05, 0) is 37.5 Å². The molecule has 1 aliphatic rings. The van der Waals surface area contributed by atoms with Crippen LogP contribution in [-0.4, -0.2) is 5.78 Å². The van der Waals surface area contributed by atoms with Gasteiger partial charge < -0.3 is 0 Å². The quantitative estimate of drug-likeness (QED) is 0.658. The summed E-state index contributed by atoms with van der Waals surface area (Å²) in [4.78, 5) is 11.7. The summed E-state index contributed by atoms with van der Waals surface area (Å²) >= 11 is 0. The third kappa shape index (κ3) is 1.57. The van der Waals surface area contributed by atoms with Gasteiger partial charge in [-0.1, -0.05) is 12.5 Å². The van der Waals surface area contributed by atoms with Gasteiger partial charge in [-0.3, -0.25) is 4.79 Å². The van der Waals surface area contributed by atoms with E-state index in [2.05, 4.69) is 0 Å². The van der Waals surface area contributed by atoms with E-state index in [4.69, 9.17) is 0 Å². The second-order valence-electron chi connectivity index (χ2n) is 3.98. The van der Waals surface area contributed by atoms with E-state index in [1.165, 1.54) is 6.07 Å². The van der Waals surface area contributed by atoms with E-state index < -0.39 is 0 Å². The van der Waals surface area contributed by atoms with Crippen LogP contribution in [0.2, 0.25) is 0 Å². The van der Waals surface area contributed by atoms with Crippen LogP contribution in [0.1, 0.15) is 35.2 Å². The van der Waals surface area contributed by atoms with Crippen LogP contribution in [0.25, 0.3) is 0 Å². The molecule has 14 heavy (non-hydrogen) atoms. The molecule has 2 heteroatoms. The van der Waals surface area contributed by atoms with Gasteiger partial charge in [0.05, 0.1) is 5.56 Å². The second-order valence-corrected chi connectivity index (χ2v) is 3.98. The second kappa shape index (κ2) is 3.52. The van der Waals surface area contributed by atoms with Crippen LogP contribution < -0.4 is 0 Å². The van der Waals surface area contributed by atoms with E-state index in [1.54, 1.807) is 12.1 Å². The third-order valence-electron chi connectivity index (χ3n) is 2.87. The van der Waals surface area contributed by atoms with E-state index in [1.807, 2.05) is 6.92 Å². The predicted molar refractivity (Wildman–Crippen MR) is 52.8 cm³/mol. The van der Waals surface area contributed by atoms with Crippen LogP contribution >= 0.6 is 0 Å². The van der Waals surface area contributed by atoms with Gasteiger partial charge in [0.1, 0.15) is 5.82 Å². The van der Waals surface area contributed by atoms with Crippen LogP contribution in [0.4, 0.5) is 4.39 Å². The zero-order valence-corrected chi connectivity index (χ0v) is 8.22. The van der Waals surface area contributed by atoms with Crippen molar-refractivity contribution in [1.29, 1.82) is 0 Å². The number of carbonyl (C=O) groups is 1. The highest BCUT2D eigenvalue weighted by Gasteiger charge is 2.27. The Labute approximate surface area is 82.9 Å². The van der Waals surface area contributed by atoms with Gasteiger partial charge in [0.15, 0.2) is 5.78 Å². The summed E-state index contributed by atoms with van der Waals surface area (Å²) in [6.45, 7) is 1.82. The van der Waals surface area contributed by atoms with Crippen molar-refractivity contribution in [3.8, 4) is 0 Å². The molecule has 2 rings (SSSR count). The van der Waals surface area contributed by atoms with Gasteiger partial charge in [0.25, 0.3) is 0 Å². The molecule has 0 spiro atoms. The Morgan fingerprint density at radius 2 is 2.14 bits per heavy atom. The van der Waals surface area contributed by atoms with Gasteiger partial charge >= 0.3 is 0 Å². The Morgan fingerprint density at radius 1 is 1.43 bits per heavy atom. The summed E-state index contributed by atoms with van der Waals surface area (Å²) in [7, 11) is 0. The molecule has 1 aromatic rings. The van der Waals surface area contributed by atoms with Crippen molar-refractivity contribution in [2.24, 2.45) is 5.92 Å². The summed E-state index contributed by atoms with van der Waals surface area (Å²) in [5, 5.41) is 0. The van der Waals surface area contributed by atoms with E-state index >= 15 is 0 Å². The van der Waals surface area contributed by atoms with Gasteiger partial charge in [-0.15, -0.1) is 0 Å². The highest BCUT2D eigenvalue weighted by atomic mass is 19.1. The Bertz CT molecular complexity index is 367. The molecule has 1 nitrogen and oxygen atoms in total. The number of aryl methyl sites for hydroxylation is 1. The fourth-order valence-electron chi connectivity index (χ4n) is 1.71. The fraction of sp³-hybridized carbons (Fsp3) is 0.417. The number of hydrogen-bond acceptors (Lipinski definition) is 1. The maximum absolute atomic E-state index is 13.4. The number of halogens is 1. The average Bonchev–Trinajstić information content (AvgIpc) is 2.00. The molecule has 0 N–H and O–H groups in total. The number of benzene rings is 1. The van der Waals surface area contributed by atoms with Crippen LogP contribution in [0.15, 0.2) is 18.2 Å². The summed E-state index contributed by atoms with van der Waals surface area (Å²) in [6.07, 6.45) is 2.95. The SMILES string of the molecule is Cc1ccc(C(=O)C2CCC2)c(F)c1. The summed E-state index contributed by atoms with van der Waals surface area (Å²) in [6, 6.07) is 4.81. The minimum absolute atomic E-state index is 0.0197. The zero-order valence-electron chi connectivity index (χ0n) is 8.22. The van der Waals surface area contributed by atoms with E-state index in [9.17, 15) is 9.18 Å². The maximum Gasteiger partial charge on any atom is 0.168 e. The summed E-state index contributed by atoms with van der Waals surface area (Å²) in [5.41, 5.74) is 1.12. The van der Waals surface area contributed by atoms with Gasteiger partial charge in [0.2, 0.25) is 0 Å². The Hall–Kier alpha value is -1.18. The Balaban J connectivity index is 2.26. The van der Waals surface area contributed by atoms with Gasteiger partial charge in [-0.25, -0.2) is 4.39 Å². The van der Waals surface area contributed by atoms with E-state index in [-0.39, 0.29) is 23.1 Å². The lowest BCUT2D eigenvalue weighted by molar-refractivity contribution is 0.0851. The molecule has 0 heterocycles. The largest absolute Gasteiger partial charge is 0.294 e. The molecule has 0 radical (unpaired) electrons. The smallest absolute Gasteiger partial charge is 0.168 e. The number of carbonyl (C=O) groups excluding carboxylic acids is 1. The number of rotatable bonds is 2. The summed E-state index contributed by atoms with van der Waals surface area (Å²) < 4.78 is 13.4. The van der Waals surface area contributed by atoms with Crippen LogP contribution in [0.3, 0.4) is 0 Å². The third-order valence-corrected chi connectivity index (χ3v) is 2.87. The number of hydrogen-bond donors (Lipinski definition) is 0. The first-order valence-corrected chi connectivity index (χ1v) is 4.99. The first-order valence-electron chi connectivity index (χ1n) is 4.99. The lowest BCUT2D eigenvalue weighted by Crippen LogP contribution is -2.22. The van der Waals surface area contributed by atoms with E-state index in [0.29, 0.717) is 0 Å². The minimum atomic E-state index is -0.373. The fourth-order valence-corrected chi connectivity index (χ4v) is 1.71. The maximum atomic E-state index is 13.4. The van der Waals surface area contributed by atoms with Gasteiger partial charge in [-0.2, -0.15) is 0 Å². The predicted octanol–water partition coefficient (Wildman–Crippen LogP) is 3.12. The lowest BCUT2D eigenvalue weighted by Gasteiger charge is -2.23. The Kier molecular flexibility index (Phi) is 2.36. The van der Waals surface area contributed by atoms with Crippen molar-refractivity contribution in [2.45, 2.75) is 26.2 Å². The van der Waals surface area contributed by atoms with Gasteiger partial charge in [0, 0.05) is 5.92 Å². The first kappa shape index (κ1) is 9.38. The van der Waals surface area contributed by atoms with E-state index in [0.717, 1.165) is 24.8 Å². The molecule has 0 atom stereocenters. The Morgan fingerprint density at radius 3 is 2.64 bits per heavy atom. The minimum Gasteiger partial charge on any atom is -0.294 e. The normalized spacial score (nSPS) is 16.4. The molecule has 0 aromatic heterocycles. The van der Waals surface area contributed by atoms with Crippen molar-refractivity contribution >= 4 is 5.78 Å². The molecule has 1 aromatic carbocycles. The highest BCUT2D eigenvalue weighted by Crippen LogP contribution is 2.30. The summed E-state index contributed by atoms with van der Waals surface area (Å²) in [5.74, 6) is -0.317. The number of ketones is 1. The van der Waals surface area contributed by atoms with Crippen molar-refractivity contribution in [3.05, 3.63) is 35.1 Å². The standard InChI is InChI=1S/C12H13FO/c1-8-5-6-10(11(13)7-8)12(14)9-3-2-4-9/h5-7,9H,2-4H2,1H3. The molecule has 0 bridgehead atoms. The molecule has 74 valence electrons. The molecule has 1 saturated carbocycles. The van der Waals surface area contributed by atoms with Crippen molar-refractivity contribution in [2.75, 3.05) is 0 Å². The molecule has 1 fully saturated rings. The van der Waals surface area contributed by atoms with Crippen LogP contribution in [0.5, 0.6) is 0 Å². The van der Waals surface area contributed by atoms with Crippen LogP contribution in [-0.2, 0) is 0 Å². The molecular weight excluding hydrogens is 179 g/mol. The molecule has 0 unspecified atom stereocenters. The topological polar surface area (TPSA) is 17.1 Å². The van der Waals surface area contributed by atoms with Crippen molar-refractivity contribution < 1.29 is 9.18 Å². The molecule has 0 aliphatic heterocycles. The molecule has 1 aliphatic carbocycles. The average molecular weight is 192 g/mol. The van der Waals surface area contributed by atoms with Crippen molar-refractivity contribution in [3.63, 3.8) is 0 Å². The van der Waals surface area contributed by atoms with Crippen molar-refractivity contribution in [1.82, 2.24) is 0 Å². The monoisotopic (exact) mass is 192 g/mol. The number of Topliss-reactive ketones (excluding diaryl/α,β-unsaturated/α-hetero) is 1. The highest BCUT2D eigenvalue weighted by molar-refractivity contribution is 5.98. The molecular formula is C12H13FO. The molecule has 0 amide bonds. The first-order chi connectivity index (χ1) is 6.68. The zero-order chi connectivity index (χ0) is 10.1. The lowest BCUT2D eigenvalue weighted by atomic mass is 9.80. The molecule has 0 saturated heterocycles.